The Morgan fingerprint density at radius 3 is 2.67 bits per heavy atom. The molecule has 1 saturated heterocycles. The Morgan fingerprint density at radius 2 is 2.00 bits per heavy atom. The Kier molecular flexibility index (Phi) is 6.49. The fraction of sp³-hybridized carbons (Fsp3) is 0.562. The maximum Gasteiger partial charge on any atom is 0.224 e. The lowest BCUT2D eigenvalue weighted by Gasteiger charge is -2.27. The van der Waals surface area contributed by atoms with E-state index >= 15 is 0 Å². The van der Waals surface area contributed by atoms with E-state index in [4.69, 9.17) is 16.3 Å². The van der Waals surface area contributed by atoms with Gasteiger partial charge in [-0.1, -0.05) is 23.7 Å². The van der Waals surface area contributed by atoms with Crippen LogP contribution in [-0.4, -0.2) is 49.7 Å². The highest BCUT2D eigenvalue weighted by molar-refractivity contribution is 6.30. The van der Waals surface area contributed by atoms with Crippen molar-refractivity contribution in [2.45, 2.75) is 25.8 Å². The van der Waals surface area contributed by atoms with Crippen molar-refractivity contribution in [3.05, 3.63) is 34.9 Å². The smallest absolute Gasteiger partial charge is 0.224 e. The molecule has 1 N–H and O–H groups in total. The fourth-order valence-electron chi connectivity index (χ4n) is 2.44. The molecule has 0 saturated carbocycles. The lowest BCUT2D eigenvalue weighted by molar-refractivity contribution is -0.135. The Bertz CT molecular complexity index is 444. The minimum absolute atomic E-state index is 0.212. The Hall–Kier alpha value is -1.10. The molecule has 2 rings (SSSR count). The summed E-state index contributed by atoms with van der Waals surface area (Å²) in [6.45, 7) is 5.61. The lowest BCUT2D eigenvalue weighted by Crippen LogP contribution is -2.42. The highest BCUT2D eigenvalue weighted by Crippen LogP contribution is 2.11. The first-order valence-electron chi connectivity index (χ1n) is 7.48. The van der Waals surface area contributed by atoms with Gasteiger partial charge in [0.25, 0.3) is 0 Å². The second-order valence-corrected chi connectivity index (χ2v) is 5.87. The highest BCUT2D eigenvalue weighted by atomic mass is 35.5. The van der Waals surface area contributed by atoms with Gasteiger partial charge in [-0.2, -0.15) is 0 Å². The molecular formula is C16H23ClN2O2. The first-order chi connectivity index (χ1) is 10.1. The van der Waals surface area contributed by atoms with E-state index in [9.17, 15) is 4.79 Å². The van der Waals surface area contributed by atoms with Crippen LogP contribution in [0, 0.1) is 0 Å². The zero-order chi connectivity index (χ0) is 15.1. The summed E-state index contributed by atoms with van der Waals surface area (Å²) in [6.07, 6.45) is 1.48. The van der Waals surface area contributed by atoms with Gasteiger partial charge in [0, 0.05) is 37.1 Å². The Balaban J connectivity index is 1.65. The van der Waals surface area contributed by atoms with E-state index in [0.29, 0.717) is 32.2 Å². The average molecular weight is 311 g/mol. The van der Waals surface area contributed by atoms with E-state index < -0.39 is 0 Å². The minimum atomic E-state index is 0.212. The molecule has 21 heavy (non-hydrogen) atoms. The Morgan fingerprint density at radius 1 is 1.33 bits per heavy atom. The van der Waals surface area contributed by atoms with Crippen LogP contribution in [0.5, 0.6) is 0 Å². The van der Waals surface area contributed by atoms with Gasteiger partial charge in [-0.15, -0.1) is 0 Å². The second-order valence-electron chi connectivity index (χ2n) is 5.43. The first-order valence-corrected chi connectivity index (χ1v) is 7.86. The van der Waals surface area contributed by atoms with Crippen LogP contribution < -0.4 is 5.32 Å². The zero-order valence-electron chi connectivity index (χ0n) is 12.5. The molecule has 4 nitrogen and oxygen atoms in total. The summed E-state index contributed by atoms with van der Waals surface area (Å²) in [5.41, 5.74) is 1.25. The SMILES string of the molecule is C[C@H](Cc1ccc(Cl)cc1)NCCC(=O)N1CCOCC1. The van der Waals surface area contributed by atoms with Gasteiger partial charge in [-0.3, -0.25) is 4.79 Å². The van der Waals surface area contributed by atoms with E-state index in [1.807, 2.05) is 29.2 Å². The molecule has 5 heteroatoms. The summed E-state index contributed by atoms with van der Waals surface area (Å²) in [4.78, 5) is 13.9. The number of carbonyl (C=O) groups excluding carboxylic acids is 1. The Labute approximate surface area is 131 Å². The van der Waals surface area contributed by atoms with E-state index in [1.54, 1.807) is 0 Å². The molecule has 1 aliphatic rings. The van der Waals surface area contributed by atoms with E-state index in [0.717, 1.165) is 24.5 Å². The predicted octanol–water partition coefficient (Wildman–Crippen LogP) is 2.11. The van der Waals surface area contributed by atoms with Gasteiger partial charge in [-0.25, -0.2) is 0 Å². The number of benzene rings is 1. The number of rotatable bonds is 6. The number of halogens is 1. The number of hydrogen-bond acceptors (Lipinski definition) is 3. The second kappa shape index (κ2) is 8.37. The maximum atomic E-state index is 12.0. The van der Waals surface area contributed by atoms with Crippen LogP contribution in [0.2, 0.25) is 5.02 Å². The van der Waals surface area contributed by atoms with Crippen molar-refractivity contribution in [1.82, 2.24) is 10.2 Å². The summed E-state index contributed by atoms with van der Waals surface area (Å²) in [7, 11) is 0. The van der Waals surface area contributed by atoms with Gasteiger partial charge in [0.2, 0.25) is 5.91 Å². The third kappa shape index (κ3) is 5.65. The van der Waals surface area contributed by atoms with Gasteiger partial charge in [0.15, 0.2) is 0 Å². The number of hydrogen-bond donors (Lipinski definition) is 1. The summed E-state index contributed by atoms with van der Waals surface area (Å²) < 4.78 is 5.25. The molecule has 0 spiro atoms. The molecular weight excluding hydrogens is 288 g/mol. The quantitative estimate of drug-likeness (QED) is 0.875. The number of nitrogens with zero attached hydrogens (tertiary/aromatic N) is 1. The number of carbonyl (C=O) groups is 1. The fourth-order valence-corrected chi connectivity index (χ4v) is 2.57. The number of morpholine rings is 1. The molecule has 0 bridgehead atoms. The molecule has 1 fully saturated rings. The van der Waals surface area contributed by atoms with Crippen molar-refractivity contribution in [1.29, 1.82) is 0 Å². The highest BCUT2D eigenvalue weighted by Gasteiger charge is 2.16. The van der Waals surface area contributed by atoms with Crippen molar-refractivity contribution >= 4 is 17.5 Å². The van der Waals surface area contributed by atoms with Crippen LogP contribution in [-0.2, 0) is 16.0 Å². The predicted molar refractivity (Wildman–Crippen MR) is 84.6 cm³/mol. The molecule has 1 aliphatic heterocycles. The molecule has 0 aliphatic carbocycles. The van der Waals surface area contributed by atoms with E-state index in [1.165, 1.54) is 5.56 Å². The minimum Gasteiger partial charge on any atom is -0.378 e. The summed E-state index contributed by atoms with van der Waals surface area (Å²) in [5.74, 6) is 0.212. The molecule has 0 radical (unpaired) electrons. The molecule has 1 aromatic carbocycles. The summed E-state index contributed by atoms with van der Waals surface area (Å²) in [5, 5.41) is 4.16. The molecule has 1 amide bonds. The van der Waals surface area contributed by atoms with Crippen molar-refractivity contribution < 1.29 is 9.53 Å². The van der Waals surface area contributed by atoms with Gasteiger partial charge in [-0.05, 0) is 31.0 Å². The topological polar surface area (TPSA) is 41.6 Å². The molecule has 1 atom stereocenters. The number of ether oxygens (including phenoxy) is 1. The van der Waals surface area contributed by atoms with Crippen LogP contribution in [0.1, 0.15) is 18.9 Å². The molecule has 116 valence electrons. The van der Waals surface area contributed by atoms with Crippen LogP contribution >= 0.6 is 11.6 Å². The summed E-state index contributed by atoms with van der Waals surface area (Å²) in [6, 6.07) is 8.24. The first kappa shape index (κ1) is 16.3. The third-order valence-electron chi connectivity index (χ3n) is 3.65. The molecule has 1 aromatic rings. The van der Waals surface area contributed by atoms with Crippen molar-refractivity contribution in [3.63, 3.8) is 0 Å². The number of amides is 1. The maximum absolute atomic E-state index is 12.0. The van der Waals surface area contributed by atoms with E-state index in [-0.39, 0.29) is 5.91 Å². The third-order valence-corrected chi connectivity index (χ3v) is 3.90. The molecule has 1 heterocycles. The van der Waals surface area contributed by atoms with Crippen molar-refractivity contribution in [2.24, 2.45) is 0 Å². The number of nitrogens with one attached hydrogen (secondary N) is 1. The largest absolute Gasteiger partial charge is 0.378 e. The van der Waals surface area contributed by atoms with Crippen LogP contribution in [0.4, 0.5) is 0 Å². The average Bonchev–Trinajstić information content (AvgIpc) is 2.50. The zero-order valence-corrected chi connectivity index (χ0v) is 13.2. The standard InChI is InChI=1S/C16H23ClN2O2/c1-13(12-14-2-4-15(17)5-3-14)18-7-6-16(20)19-8-10-21-11-9-19/h2-5,13,18H,6-12H2,1H3/t13-/m1/s1. The normalized spacial score (nSPS) is 16.8. The molecule has 0 unspecified atom stereocenters. The van der Waals surface area contributed by atoms with Crippen molar-refractivity contribution in [2.75, 3.05) is 32.8 Å². The van der Waals surface area contributed by atoms with Gasteiger partial charge in [0.05, 0.1) is 13.2 Å². The van der Waals surface area contributed by atoms with E-state index in [2.05, 4.69) is 12.2 Å². The van der Waals surface area contributed by atoms with Gasteiger partial charge in [0.1, 0.15) is 0 Å². The monoisotopic (exact) mass is 310 g/mol. The van der Waals surface area contributed by atoms with Gasteiger partial charge >= 0.3 is 0 Å². The van der Waals surface area contributed by atoms with Crippen molar-refractivity contribution in [3.8, 4) is 0 Å². The summed E-state index contributed by atoms with van der Waals surface area (Å²) >= 11 is 5.87. The van der Waals surface area contributed by atoms with Crippen LogP contribution in [0.3, 0.4) is 0 Å². The van der Waals surface area contributed by atoms with Gasteiger partial charge < -0.3 is 15.0 Å². The lowest BCUT2D eigenvalue weighted by atomic mass is 10.1. The van der Waals surface area contributed by atoms with Crippen LogP contribution in [0.25, 0.3) is 0 Å². The molecule has 0 aromatic heterocycles. The van der Waals surface area contributed by atoms with Crippen LogP contribution in [0.15, 0.2) is 24.3 Å².